The summed E-state index contributed by atoms with van der Waals surface area (Å²) in [7, 11) is 2.93. The number of hydrogen-bond acceptors (Lipinski definition) is 7. The van der Waals surface area contributed by atoms with Gasteiger partial charge >= 0.3 is 11.9 Å². The molecule has 0 aromatic heterocycles. The van der Waals surface area contributed by atoms with Gasteiger partial charge in [0, 0.05) is 5.56 Å². The zero-order valence-electron chi connectivity index (χ0n) is 13.8. The molecule has 1 atom stereocenters. The summed E-state index contributed by atoms with van der Waals surface area (Å²) in [6.07, 6.45) is 0.748. The average Bonchev–Trinajstić information content (AvgIpc) is 2.85. The molecular formula is C16H15NO7S2. The number of methoxy groups -OCH3 is 2. The van der Waals surface area contributed by atoms with Gasteiger partial charge in [0.15, 0.2) is 11.5 Å². The van der Waals surface area contributed by atoms with Crippen LogP contribution in [-0.4, -0.2) is 57.5 Å². The lowest BCUT2D eigenvalue weighted by molar-refractivity contribution is -0.150. The fourth-order valence-corrected chi connectivity index (χ4v) is 3.72. The Morgan fingerprint density at radius 3 is 2.54 bits per heavy atom. The first kappa shape index (κ1) is 19.7. The van der Waals surface area contributed by atoms with Gasteiger partial charge in [0.25, 0.3) is 5.91 Å². The summed E-state index contributed by atoms with van der Waals surface area (Å²) < 4.78 is 10.5. The van der Waals surface area contributed by atoms with E-state index in [-0.39, 0.29) is 9.23 Å². The molecule has 1 saturated heterocycles. The molecule has 1 aliphatic rings. The minimum Gasteiger partial charge on any atom is -0.493 e. The lowest BCUT2D eigenvalue weighted by Gasteiger charge is -2.21. The maximum absolute atomic E-state index is 12.6. The van der Waals surface area contributed by atoms with Crippen LogP contribution in [0.4, 0.5) is 0 Å². The number of aliphatic carboxylic acids is 2. The second-order valence-electron chi connectivity index (χ2n) is 5.09. The van der Waals surface area contributed by atoms with Crippen molar-refractivity contribution in [1.82, 2.24) is 4.90 Å². The summed E-state index contributed by atoms with van der Waals surface area (Å²) in [5.74, 6) is -2.58. The molecule has 1 aliphatic heterocycles. The lowest BCUT2D eigenvalue weighted by atomic mass is 10.1. The minimum atomic E-state index is -1.57. The fraction of sp³-hybridized carbons (Fsp3) is 0.250. The van der Waals surface area contributed by atoms with Gasteiger partial charge in [-0.25, -0.2) is 4.79 Å². The molecule has 0 bridgehead atoms. The van der Waals surface area contributed by atoms with E-state index in [1.807, 2.05) is 0 Å². The predicted octanol–water partition coefficient (Wildman–Crippen LogP) is 1.83. The monoisotopic (exact) mass is 397 g/mol. The number of ether oxygens (including phenoxy) is 2. The van der Waals surface area contributed by atoms with Crippen LogP contribution in [0.3, 0.4) is 0 Å². The molecule has 1 fully saturated rings. The number of carboxylic acid groups (broad SMARTS) is 2. The van der Waals surface area contributed by atoms with Crippen molar-refractivity contribution in [2.45, 2.75) is 12.5 Å². The molecule has 0 radical (unpaired) electrons. The Labute approximate surface area is 158 Å². The standard InChI is InChI=1S/C16H15NO7S2/c1-23-10-5-3-4-8(13(10)24-2)6-11-14(20)17(16(25)26-11)9(15(21)22)7-12(18)19/h3-6,9H,7H2,1-2H3,(H,18,19)(H,21,22)/b11-6+. The number of carbonyl (C=O) groups excluding carboxylic acids is 1. The maximum atomic E-state index is 12.6. The van der Waals surface area contributed by atoms with Crippen molar-refractivity contribution < 1.29 is 34.1 Å². The van der Waals surface area contributed by atoms with Gasteiger partial charge in [-0.15, -0.1) is 0 Å². The van der Waals surface area contributed by atoms with Crippen molar-refractivity contribution in [3.05, 3.63) is 28.7 Å². The van der Waals surface area contributed by atoms with E-state index in [0.29, 0.717) is 17.1 Å². The largest absolute Gasteiger partial charge is 0.493 e. The molecule has 0 aliphatic carbocycles. The predicted molar refractivity (Wildman–Crippen MR) is 98.2 cm³/mol. The molecule has 2 N–H and O–H groups in total. The second-order valence-corrected chi connectivity index (χ2v) is 6.76. The number of nitrogens with zero attached hydrogens (tertiary/aromatic N) is 1. The number of amides is 1. The van der Waals surface area contributed by atoms with Crippen molar-refractivity contribution in [2.24, 2.45) is 0 Å². The lowest BCUT2D eigenvalue weighted by Crippen LogP contribution is -2.45. The van der Waals surface area contributed by atoms with Crippen LogP contribution in [0.25, 0.3) is 6.08 Å². The number of carboxylic acids is 2. The highest BCUT2D eigenvalue weighted by molar-refractivity contribution is 8.26. The second kappa shape index (κ2) is 8.19. The van der Waals surface area contributed by atoms with Crippen LogP contribution in [0.15, 0.2) is 23.1 Å². The van der Waals surface area contributed by atoms with Crippen LogP contribution in [0, 0.1) is 0 Å². The smallest absolute Gasteiger partial charge is 0.327 e. The van der Waals surface area contributed by atoms with E-state index in [1.54, 1.807) is 18.2 Å². The molecule has 1 heterocycles. The molecule has 138 valence electrons. The van der Waals surface area contributed by atoms with Gasteiger partial charge in [0.2, 0.25) is 0 Å². The number of benzene rings is 1. The minimum absolute atomic E-state index is 0.0169. The number of hydrogen-bond donors (Lipinski definition) is 2. The van der Waals surface area contributed by atoms with Crippen molar-refractivity contribution in [2.75, 3.05) is 14.2 Å². The van der Waals surface area contributed by atoms with Gasteiger partial charge in [-0.2, -0.15) is 0 Å². The van der Waals surface area contributed by atoms with Crippen LogP contribution < -0.4 is 9.47 Å². The Bertz CT molecular complexity index is 806. The van der Waals surface area contributed by atoms with Crippen LogP contribution in [0.5, 0.6) is 11.5 Å². The third-order valence-electron chi connectivity index (χ3n) is 3.51. The summed E-state index contributed by atoms with van der Waals surface area (Å²) in [6.45, 7) is 0. The number of thioether (sulfide) groups is 1. The number of para-hydroxylation sites is 1. The van der Waals surface area contributed by atoms with E-state index in [2.05, 4.69) is 0 Å². The first-order chi connectivity index (χ1) is 12.3. The molecule has 2 rings (SSSR count). The molecule has 1 aromatic rings. The Morgan fingerprint density at radius 2 is 2.00 bits per heavy atom. The molecule has 10 heteroatoms. The van der Waals surface area contributed by atoms with E-state index in [4.69, 9.17) is 26.8 Å². The van der Waals surface area contributed by atoms with E-state index in [9.17, 15) is 19.5 Å². The summed E-state index contributed by atoms with van der Waals surface area (Å²) >= 11 is 5.98. The molecule has 8 nitrogen and oxygen atoms in total. The third kappa shape index (κ3) is 3.97. The molecule has 0 spiro atoms. The molecule has 1 unspecified atom stereocenters. The first-order valence-electron chi connectivity index (χ1n) is 7.22. The van der Waals surface area contributed by atoms with Crippen molar-refractivity contribution in [1.29, 1.82) is 0 Å². The highest BCUT2D eigenvalue weighted by Gasteiger charge is 2.41. The van der Waals surface area contributed by atoms with Crippen molar-refractivity contribution in [3.63, 3.8) is 0 Å². The van der Waals surface area contributed by atoms with Gasteiger partial charge in [0.1, 0.15) is 10.4 Å². The first-order valence-corrected chi connectivity index (χ1v) is 8.45. The summed E-state index contributed by atoms with van der Waals surface area (Å²) in [5, 5.41) is 18.2. The Morgan fingerprint density at radius 1 is 1.31 bits per heavy atom. The van der Waals surface area contributed by atoms with Crippen molar-refractivity contribution in [3.8, 4) is 11.5 Å². The van der Waals surface area contributed by atoms with Gasteiger partial charge in [-0.3, -0.25) is 14.5 Å². The Hall–Kier alpha value is -2.59. The van der Waals surface area contributed by atoms with Crippen molar-refractivity contribution >= 4 is 52.2 Å². The quantitative estimate of drug-likeness (QED) is 0.525. The van der Waals surface area contributed by atoms with E-state index >= 15 is 0 Å². The SMILES string of the molecule is COc1cccc(/C=C2/SC(=S)N(C(CC(=O)O)C(=O)O)C2=O)c1OC. The average molecular weight is 397 g/mol. The van der Waals surface area contributed by atoms with E-state index < -0.39 is 30.3 Å². The highest BCUT2D eigenvalue weighted by atomic mass is 32.2. The topological polar surface area (TPSA) is 113 Å². The Kier molecular flexibility index (Phi) is 6.22. The highest BCUT2D eigenvalue weighted by Crippen LogP contribution is 2.38. The van der Waals surface area contributed by atoms with Gasteiger partial charge in [-0.05, 0) is 12.1 Å². The number of thiocarbonyl (C=S) groups is 1. The van der Waals surface area contributed by atoms with E-state index in [0.717, 1.165) is 16.7 Å². The van der Waals surface area contributed by atoms with Crippen LogP contribution in [-0.2, 0) is 14.4 Å². The van der Waals surface area contributed by atoms with Gasteiger partial charge in [-0.1, -0.05) is 36.1 Å². The zero-order chi connectivity index (χ0) is 19.4. The fourth-order valence-electron chi connectivity index (χ4n) is 2.37. The third-order valence-corrected chi connectivity index (χ3v) is 4.84. The number of rotatable bonds is 7. The summed E-state index contributed by atoms with van der Waals surface area (Å²) in [5.41, 5.74) is 0.539. The molecule has 0 saturated carbocycles. The molecular weight excluding hydrogens is 382 g/mol. The van der Waals surface area contributed by atoms with Crippen LogP contribution in [0.2, 0.25) is 0 Å². The summed E-state index contributed by atoms with van der Waals surface area (Å²) in [4.78, 5) is 35.9. The zero-order valence-corrected chi connectivity index (χ0v) is 15.4. The van der Waals surface area contributed by atoms with E-state index in [1.165, 1.54) is 20.3 Å². The van der Waals surface area contributed by atoms with Gasteiger partial charge < -0.3 is 19.7 Å². The molecule has 26 heavy (non-hydrogen) atoms. The Balaban J connectivity index is 2.41. The van der Waals surface area contributed by atoms with Crippen LogP contribution in [0.1, 0.15) is 12.0 Å². The molecule has 1 aromatic carbocycles. The maximum Gasteiger partial charge on any atom is 0.327 e. The van der Waals surface area contributed by atoms with Gasteiger partial charge in [0.05, 0.1) is 25.5 Å². The summed E-state index contributed by atoms with van der Waals surface area (Å²) in [6, 6.07) is 3.52. The molecule has 1 amide bonds. The normalized spacial score (nSPS) is 16.7. The van der Waals surface area contributed by atoms with Crippen LogP contribution >= 0.6 is 24.0 Å². The number of carbonyl (C=O) groups is 3.